The summed E-state index contributed by atoms with van der Waals surface area (Å²) in [5.41, 5.74) is -0.0922. The molecule has 0 unspecified atom stereocenters. The van der Waals surface area contributed by atoms with Gasteiger partial charge >= 0.3 is 0 Å². The predicted octanol–water partition coefficient (Wildman–Crippen LogP) is 2.29. The highest BCUT2D eigenvalue weighted by atomic mass is 32.2. The molecule has 1 amide bonds. The van der Waals surface area contributed by atoms with Crippen LogP contribution in [0.25, 0.3) is 0 Å². The van der Waals surface area contributed by atoms with Crippen LogP contribution in [0.15, 0.2) is 29.2 Å². The van der Waals surface area contributed by atoms with Gasteiger partial charge in [0.05, 0.1) is 36.1 Å². The third kappa shape index (κ3) is 3.14. The molecule has 0 bridgehead atoms. The number of nitriles is 1. The van der Waals surface area contributed by atoms with Gasteiger partial charge in [-0.1, -0.05) is 25.5 Å². The molecule has 0 radical (unpaired) electrons. The van der Waals surface area contributed by atoms with Crippen molar-refractivity contribution in [3.8, 4) is 6.07 Å². The Morgan fingerprint density at radius 3 is 2.85 bits per heavy atom. The minimum absolute atomic E-state index is 0.0631. The molecular weight excluding hydrogens is 272 g/mol. The van der Waals surface area contributed by atoms with Crippen molar-refractivity contribution in [3.63, 3.8) is 0 Å². The molecule has 4 nitrogen and oxygen atoms in total. The molecule has 1 aromatic rings. The normalized spacial score (nSPS) is 16.4. The van der Waals surface area contributed by atoms with Crippen molar-refractivity contribution < 1.29 is 9.90 Å². The number of rotatable bonds is 5. The van der Waals surface area contributed by atoms with Crippen molar-refractivity contribution in [2.24, 2.45) is 0 Å². The molecule has 1 aliphatic heterocycles. The standard InChI is InChI=1S/C15H18N2O2S/c1-2-7-15(19)10-17(11-15)14(18)12-5-3-4-6-13(12)20-9-8-16/h3-6,19H,2,7,9-11H2,1H3. The van der Waals surface area contributed by atoms with Gasteiger partial charge in [-0.3, -0.25) is 4.79 Å². The van der Waals surface area contributed by atoms with E-state index in [0.29, 0.717) is 24.4 Å². The van der Waals surface area contributed by atoms with Gasteiger partial charge in [0.25, 0.3) is 5.91 Å². The first-order valence-corrected chi connectivity index (χ1v) is 7.68. The van der Waals surface area contributed by atoms with E-state index in [-0.39, 0.29) is 5.91 Å². The van der Waals surface area contributed by atoms with Crippen molar-refractivity contribution in [1.82, 2.24) is 4.90 Å². The number of hydrogen-bond donors (Lipinski definition) is 1. The number of likely N-dealkylation sites (tertiary alicyclic amines) is 1. The largest absolute Gasteiger partial charge is 0.386 e. The average Bonchev–Trinajstić information content (AvgIpc) is 2.42. The smallest absolute Gasteiger partial charge is 0.255 e. The molecule has 2 rings (SSSR count). The van der Waals surface area contributed by atoms with Crippen LogP contribution >= 0.6 is 11.8 Å². The van der Waals surface area contributed by atoms with E-state index < -0.39 is 5.60 Å². The Bertz CT molecular complexity index is 533. The van der Waals surface area contributed by atoms with Gasteiger partial charge in [0, 0.05) is 4.90 Å². The molecule has 1 fully saturated rings. The zero-order valence-corrected chi connectivity index (χ0v) is 12.3. The Hall–Kier alpha value is -1.51. The summed E-state index contributed by atoms with van der Waals surface area (Å²) in [5, 5.41) is 18.8. The fourth-order valence-corrected chi connectivity index (χ4v) is 3.19. The Morgan fingerprint density at radius 2 is 2.20 bits per heavy atom. The molecule has 0 saturated carbocycles. The molecule has 106 valence electrons. The predicted molar refractivity (Wildman–Crippen MR) is 78.5 cm³/mol. The Morgan fingerprint density at radius 1 is 1.50 bits per heavy atom. The van der Waals surface area contributed by atoms with Crippen molar-refractivity contribution in [1.29, 1.82) is 5.26 Å². The quantitative estimate of drug-likeness (QED) is 0.845. The third-order valence-corrected chi connectivity index (χ3v) is 4.32. The van der Waals surface area contributed by atoms with Gasteiger partial charge < -0.3 is 10.0 Å². The van der Waals surface area contributed by atoms with Crippen LogP contribution in [-0.4, -0.2) is 40.4 Å². The number of carbonyl (C=O) groups excluding carboxylic acids is 1. The zero-order chi connectivity index (χ0) is 14.6. The van der Waals surface area contributed by atoms with Gasteiger partial charge in [-0.2, -0.15) is 5.26 Å². The summed E-state index contributed by atoms with van der Waals surface area (Å²) >= 11 is 1.37. The van der Waals surface area contributed by atoms with Crippen LogP contribution < -0.4 is 0 Å². The van der Waals surface area contributed by atoms with Crippen LogP contribution in [-0.2, 0) is 0 Å². The van der Waals surface area contributed by atoms with E-state index in [2.05, 4.69) is 6.07 Å². The van der Waals surface area contributed by atoms with Crippen LogP contribution in [0.1, 0.15) is 30.1 Å². The van der Waals surface area contributed by atoms with Gasteiger partial charge in [-0.15, -0.1) is 11.8 Å². The maximum atomic E-state index is 12.4. The van der Waals surface area contributed by atoms with E-state index in [1.54, 1.807) is 11.0 Å². The summed E-state index contributed by atoms with van der Waals surface area (Å²) in [6.45, 7) is 2.82. The lowest BCUT2D eigenvalue weighted by Gasteiger charge is -2.46. The lowest BCUT2D eigenvalue weighted by atomic mass is 9.89. The molecule has 0 aliphatic carbocycles. The summed E-state index contributed by atoms with van der Waals surface area (Å²) in [4.78, 5) is 14.9. The monoisotopic (exact) mass is 290 g/mol. The first kappa shape index (κ1) is 14.9. The number of aliphatic hydroxyl groups is 1. The van der Waals surface area contributed by atoms with Gasteiger partial charge in [0.15, 0.2) is 0 Å². The number of amides is 1. The van der Waals surface area contributed by atoms with E-state index in [0.717, 1.165) is 17.7 Å². The van der Waals surface area contributed by atoms with E-state index in [1.807, 2.05) is 25.1 Å². The molecule has 1 aromatic carbocycles. The molecule has 1 N–H and O–H groups in total. The first-order valence-electron chi connectivity index (χ1n) is 6.70. The molecular formula is C15H18N2O2S. The van der Waals surface area contributed by atoms with Gasteiger partial charge in [0.1, 0.15) is 0 Å². The Balaban J connectivity index is 2.06. The van der Waals surface area contributed by atoms with E-state index in [1.165, 1.54) is 11.8 Å². The highest BCUT2D eigenvalue weighted by Crippen LogP contribution is 2.30. The lowest BCUT2D eigenvalue weighted by molar-refractivity contribution is -0.0861. The molecule has 1 saturated heterocycles. The molecule has 0 atom stereocenters. The Kier molecular flexibility index (Phi) is 4.69. The molecule has 0 aromatic heterocycles. The molecule has 1 heterocycles. The average molecular weight is 290 g/mol. The summed E-state index contributed by atoms with van der Waals surface area (Å²) in [5.74, 6) is 0.260. The molecule has 0 spiro atoms. The highest BCUT2D eigenvalue weighted by molar-refractivity contribution is 7.99. The molecule has 5 heteroatoms. The fourth-order valence-electron chi connectivity index (χ4n) is 2.48. The SMILES string of the molecule is CCCC1(O)CN(C(=O)c2ccccc2SCC#N)C1. The lowest BCUT2D eigenvalue weighted by Crippen LogP contribution is -2.63. The summed E-state index contributed by atoms with van der Waals surface area (Å²) in [7, 11) is 0. The third-order valence-electron chi connectivity index (χ3n) is 3.38. The minimum Gasteiger partial charge on any atom is -0.386 e. The first-order chi connectivity index (χ1) is 9.59. The topological polar surface area (TPSA) is 64.3 Å². The Labute approximate surface area is 123 Å². The van der Waals surface area contributed by atoms with Crippen LogP contribution in [0.4, 0.5) is 0 Å². The van der Waals surface area contributed by atoms with E-state index >= 15 is 0 Å². The summed E-state index contributed by atoms with van der Waals surface area (Å²) < 4.78 is 0. The second kappa shape index (κ2) is 6.29. The number of nitrogens with zero attached hydrogens (tertiary/aromatic N) is 2. The fraction of sp³-hybridized carbons (Fsp3) is 0.467. The summed E-state index contributed by atoms with van der Waals surface area (Å²) in [6, 6.07) is 9.38. The van der Waals surface area contributed by atoms with Crippen molar-refractivity contribution >= 4 is 17.7 Å². The van der Waals surface area contributed by atoms with Crippen molar-refractivity contribution in [2.75, 3.05) is 18.8 Å². The van der Waals surface area contributed by atoms with Crippen LogP contribution in [0, 0.1) is 11.3 Å². The number of hydrogen-bond acceptors (Lipinski definition) is 4. The highest BCUT2D eigenvalue weighted by Gasteiger charge is 2.43. The van der Waals surface area contributed by atoms with E-state index in [9.17, 15) is 9.90 Å². The number of thioether (sulfide) groups is 1. The molecule has 1 aliphatic rings. The zero-order valence-electron chi connectivity index (χ0n) is 11.5. The maximum absolute atomic E-state index is 12.4. The maximum Gasteiger partial charge on any atom is 0.255 e. The second-order valence-electron chi connectivity index (χ2n) is 5.08. The van der Waals surface area contributed by atoms with Gasteiger partial charge in [-0.25, -0.2) is 0 Å². The molecule has 20 heavy (non-hydrogen) atoms. The van der Waals surface area contributed by atoms with Gasteiger partial charge in [-0.05, 0) is 18.6 Å². The van der Waals surface area contributed by atoms with Crippen molar-refractivity contribution in [2.45, 2.75) is 30.3 Å². The van der Waals surface area contributed by atoms with Crippen LogP contribution in [0.3, 0.4) is 0 Å². The number of benzene rings is 1. The number of β-amino-alcohol motifs (C(OH)–C–C–N with tert-alkyl or cyclic N) is 1. The summed E-state index contributed by atoms with van der Waals surface area (Å²) in [6.07, 6.45) is 1.63. The second-order valence-corrected chi connectivity index (χ2v) is 6.10. The van der Waals surface area contributed by atoms with E-state index in [4.69, 9.17) is 5.26 Å². The van der Waals surface area contributed by atoms with Crippen LogP contribution in [0.2, 0.25) is 0 Å². The van der Waals surface area contributed by atoms with Gasteiger partial charge in [0.2, 0.25) is 0 Å². The van der Waals surface area contributed by atoms with Crippen LogP contribution in [0.5, 0.6) is 0 Å². The van der Waals surface area contributed by atoms with Crippen molar-refractivity contribution in [3.05, 3.63) is 29.8 Å². The number of carbonyl (C=O) groups is 1. The minimum atomic E-state index is -0.709.